The van der Waals surface area contributed by atoms with Gasteiger partial charge in [-0.15, -0.1) is 11.3 Å². The summed E-state index contributed by atoms with van der Waals surface area (Å²) in [5, 5.41) is 12.3. The Morgan fingerprint density at radius 3 is 2.04 bits per heavy atom. The van der Waals surface area contributed by atoms with Crippen LogP contribution in [-0.2, 0) is 0 Å². The molecule has 0 bridgehead atoms. The number of nitrogens with zero attached hydrogens (tertiary/aromatic N) is 1. The monoisotopic (exact) mass is 653 g/mol. The van der Waals surface area contributed by atoms with Gasteiger partial charge in [-0.3, -0.25) is 0 Å². The summed E-state index contributed by atoms with van der Waals surface area (Å²) in [6.45, 7) is 0. The maximum atomic E-state index is 6.26. The van der Waals surface area contributed by atoms with Gasteiger partial charge in [0.25, 0.3) is 0 Å². The molecule has 0 unspecified atom stereocenters. The highest BCUT2D eigenvalue weighted by Gasteiger charge is 2.17. The maximum absolute atomic E-state index is 6.26. The minimum Gasteiger partial charge on any atom is -0.456 e. The summed E-state index contributed by atoms with van der Waals surface area (Å²) in [4.78, 5) is 5.47. The predicted molar refractivity (Wildman–Crippen MR) is 213 cm³/mol. The molecule has 8 aromatic carbocycles. The first kappa shape index (κ1) is 27.6. The Labute approximate surface area is 291 Å². The summed E-state index contributed by atoms with van der Waals surface area (Å²) in [5.74, 6) is 0. The number of rotatable bonds is 3. The van der Waals surface area contributed by atoms with Crippen LogP contribution in [0.15, 0.2) is 168 Å². The van der Waals surface area contributed by atoms with Crippen molar-refractivity contribution in [2.45, 2.75) is 0 Å². The molecule has 0 atom stereocenters. The Morgan fingerprint density at radius 1 is 0.400 bits per heavy atom. The lowest BCUT2D eigenvalue weighted by Gasteiger charge is -2.13. The average Bonchev–Trinajstić information content (AvgIpc) is 3.76. The highest BCUT2D eigenvalue weighted by Crippen LogP contribution is 2.44. The van der Waals surface area contributed by atoms with Crippen LogP contribution in [0.1, 0.15) is 0 Å². The number of hydrogen-bond acceptors (Lipinski definition) is 3. The highest BCUT2D eigenvalue weighted by molar-refractivity contribution is 7.26. The molecule has 50 heavy (non-hydrogen) atoms. The van der Waals surface area contributed by atoms with Crippen molar-refractivity contribution < 1.29 is 4.42 Å². The Hall–Kier alpha value is -6.29. The van der Waals surface area contributed by atoms with E-state index in [4.69, 9.17) is 9.40 Å². The number of fused-ring (bicyclic) bond motifs is 11. The molecule has 232 valence electrons. The summed E-state index contributed by atoms with van der Waals surface area (Å²) >= 11 is 1.88. The smallest absolute Gasteiger partial charge is 0.136 e. The molecule has 0 saturated heterocycles. The van der Waals surface area contributed by atoms with Gasteiger partial charge in [-0.25, -0.2) is 4.98 Å². The molecule has 2 nitrogen and oxygen atoms in total. The molecule has 0 spiro atoms. The standard InChI is InChI=1S/C47H27NOS/c1-2-10-30-25-34(17-16-28(30)8-1)46-38-22-23-44-45(39-21-18-29-9-3-4-13-35(29)47(39)50-44)40(38)27-41(48-46)33-12-7-11-31(24-33)32-19-20-37-36-14-5-6-15-42(36)49-43(37)26-32/h1-27H. The van der Waals surface area contributed by atoms with Crippen molar-refractivity contribution in [1.29, 1.82) is 0 Å². The summed E-state index contributed by atoms with van der Waals surface area (Å²) in [5.41, 5.74) is 8.21. The minimum atomic E-state index is 0.899. The van der Waals surface area contributed by atoms with Gasteiger partial charge in [-0.1, -0.05) is 121 Å². The molecule has 0 saturated carbocycles. The second kappa shape index (κ2) is 10.6. The number of hydrogen-bond donors (Lipinski definition) is 0. The molecule has 0 fully saturated rings. The van der Waals surface area contributed by atoms with Crippen LogP contribution < -0.4 is 0 Å². The van der Waals surface area contributed by atoms with Crippen LogP contribution in [0.5, 0.6) is 0 Å². The van der Waals surface area contributed by atoms with E-state index in [0.717, 1.165) is 61.0 Å². The van der Waals surface area contributed by atoms with Gasteiger partial charge in [-0.05, 0) is 80.5 Å². The van der Waals surface area contributed by atoms with Crippen LogP contribution in [0.25, 0.3) is 108 Å². The van der Waals surface area contributed by atoms with Gasteiger partial charge >= 0.3 is 0 Å². The van der Waals surface area contributed by atoms with Crippen LogP contribution >= 0.6 is 11.3 Å². The topological polar surface area (TPSA) is 26.0 Å². The first-order chi connectivity index (χ1) is 24.7. The third-order valence-corrected chi connectivity index (χ3v) is 11.4. The van der Waals surface area contributed by atoms with E-state index >= 15 is 0 Å². The molecule has 0 radical (unpaired) electrons. The van der Waals surface area contributed by atoms with Crippen molar-refractivity contribution in [2.24, 2.45) is 0 Å². The Kier molecular flexibility index (Phi) is 5.86. The first-order valence-corrected chi connectivity index (χ1v) is 17.8. The van der Waals surface area contributed by atoms with Gasteiger partial charge < -0.3 is 4.42 Å². The lowest BCUT2D eigenvalue weighted by molar-refractivity contribution is 0.669. The van der Waals surface area contributed by atoms with Crippen molar-refractivity contribution in [3.8, 4) is 33.6 Å². The zero-order valence-electron chi connectivity index (χ0n) is 26.9. The maximum Gasteiger partial charge on any atom is 0.136 e. The fraction of sp³-hybridized carbons (Fsp3) is 0. The molecule has 0 N–H and O–H groups in total. The molecule has 3 heterocycles. The van der Waals surface area contributed by atoms with Crippen LogP contribution in [-0.4, -0.2) is 4.98 Å². The summed E-state index contributed by atoms with van der Waals surface area (Å²) in [6, 6.07) is 58.9. The molecule has 0 aliphatic heterocycles. The third kappa shape index (κ3) is 4.17. The number of pyridine rings is 1. The van der Waals surface area contributed by atoms with E-state index in [-0.39, 0.29) is 0 Å². The number of aromatic nitrogens is 1. The molecule has 0 amide bonds. The number of thiophene rings is 1. The van der Waals surface area contributed by atoms with Crippen LogP contribution in [0.3, 0.4) is 0 Å². The van der Waals surface area contributed by atoms with E-state index in [1.807, 2.05) is 23.5 Å². The van der Waals surface area contributed by atoms with Gasteiger partial charge in [0.2, 0.25) is 0 Å². The SMILES string of the molecule is c1cc(-c2ccc3c(c2)oc2ccccc23)cc(-c2cc3c(ccc4sc5c6ccccc6ccc5c43)c(-c3ccc4ccccc4c3)n2)c1. The predicted octanol–water partition coefficient (Wildman–Crippen LogP) is 13.8. The molecule has 3 aromatic heterocycles. The molecule has 0 aliphatic carbocycles. The fourth-order valence-corrected chi connectivity index (χ4v) is 9.05. The Bertz CT molecular complexity index is 3160. The highest BCUT2D eigenvalue weighted by atomic mass is 32.1. The van der Waals surface area contributed by atoms with Crippen LogP contribution in [0.2, 0.25) is 0 Å². The fourth-order valence-electron chi connectivity index (χ4n) is 7.80. The lowest BCUT2D eigenvalue weighted by Crippen LogP contribution is -1.92. The largest absolute Gasteiger partial charge is 0.456 e. The van der Waals surface area contributed by atoms with Gasteiger partial charge in [0, 0.05) is 47.5 Å². The molecular weight excluding hydrogens is 627 g/mol. The molecule has 11 aromatic rings. The average molecular weight is 654 g/mol. The van der Waals surface area contributed by atoms with E-state index in [1.165, 1.54) is 47.1 Å². The molecule has 3 heteroatoms. The summed E-state index contributed by atoms with van der Waals surface area (Å²) < 4.78 is 8.88. The molecule has 0 aliphatic rings. The quantitative estimate of drug-likeness (QED) is 0.190. The lowest BCUT2D eigenvalue weighted by atomic mass is 9.95. The summed E-state index contributed by atoms with van der Waals surface area (Å²) in [7, 11) is 0. The second-order valence-corrected chi connectivity index (χ2v) is 14.2. The first-order valence-electron chi connectivity index (χ1n) is 16.9. The van der Waals surface area contributed by atoms with Gasteiger partial charge in [0.05, 0.1) is 11.4 Å². The van der Waals surface area contributed by atoms with Gasteiger partial charge in [-0.2, -0.15) is 0 Å². The van der Waals surface area contributed by atoms with Crippen molar-refractivity contribution in [3.05, 3.63) is 164 Å². The van der Waals surface area contributed by atoms with Gasteiger partial charge in [0.1, 0.15) is 11.2 Å². The van der Waals surface area contributed by atoms with Crippen LogP contribution in [0, 0.1) is 0 Å². The summed E-state index contributed by atoms with van der Waals surface area (Å²) in [6.07, 6.45) is 0. The van der Waals surface area contributed by atoms with E-state index in [1.54, 1.807) is 0 Å². The third-order valence-electron chi connectivity index (χ3n) is 10.2. The second-order valence-electron chi connectivity index (χ2n) is 13.1. The van der Waals surface area contributed by atoms with Crippen molar-refractivity contribution in [3.63, 3.8) is 0 Å². The molecular formula is C47H27NOS. The van der Waals surface area contributed by atoms with Crippen LogP contribution in [0.4, 0.5) is 0 Å². The minimum absolute atomic E-state index is 0.899. The zero-order valence-corrected chi connectivity index (χ0v) is 27.7. The van der Waals surface area contributed by atoms with Crippen molar-refractivity contribution in [2.75, 3.05) is 0 Å². The zero-order chi connectivity index (χ0) is 32.8. The number of para-hydroxylation sites is 1. The van der Waals surface area contributed by atoms with Crippen molar-refractivity contribution in [1.82, 2.24) is 4.98 Å². The Morgan fingerprint density at radius 2 is 1.10 bits per heavy atom. The Balaban J connectivity index is 1.16. The van der Waals surface area contributed by atoms with Gasteiger partial charge in [0.15, 0.2) is 0 Å². The van der Waals surface area contributed by atoms with E-state index in [9.17, 15) is 0 Å². The van der Waals surface area contributed by atoms with E-state index in [0.29, 0.717) is 0 Å². The van der Waals surface area contributed by atoms with E-state index < -0.39 is 0 Å². The van der Waals surface area contributed by atoms with E-state index in [2.05, 4.69) is 152 Å². The number of furan rings is 1. The normalized spacial score (nSPS) is 12.0. The molecule has 11 rings (SSSR count). The van der Waals surface area contributed by atoms with Crippen molar-refractivity contribution >= 4 is 85.8 Å². The number of benzene rings is 8.